The SMILES string of the molecule is CC#Cc1c(F)c(F)c(COC(=O)C2C(C=C3C(C)C3(F)F)C2(C)C)c(F)c1F. The average Bonchev–Trinajstić information content (AvgIpc) is 3.38. The highest BCUT2D eigenvalue weighted by Gasteiger charge is 2.66. The van der Waals surface area contributed by atoms with Crippen LogP contribution in [0.5, 0.6) is 0 Å². The summed E-state index contributed by atoms with van der Waals surface area (Å²) in [6, 6.07) is 0. The highest BCUT2D eigenvalue weighted by molar-refractivity contribution is 5.78. The van der Waals surface area contributed by atoms with Gasteiger partial charge in [0.05, 0.1) is 17.4 Å². The molecule has 0 heterocycles. The molecule has 0 spiro atoms. The van der Waals surface area contributed by atoms with Crippen LogP contribution in [0.3, 0.4) is 0 Å². The Morgan fingerprint density at radius 1 is 1.10 bits per heavy atom. The van der Waals surface area contributed by atoms with Crippen LogP contribution in [-0.4, -0.2) is 11.9 Å². The summed E-state index contributed by atoms with van der Waals surface area (Å²) in [6.07, 6.45) is 1.34. The molecule has 156 valence electrons. The van der Waals surface area contributed by atoms with E-state index < -0.39 is 76.1 Å². The van der Waals surface area contributed by atoms with Gasteiger partial charge in [-0.2, -0.15) is 0 Å². The van der Waals surface area contributed by atoms with Crippen molar-refractivity contribution in [3.63, 3.8) is 0 Å². The summed E-state index contributed by atoms with van der Waals surface area (Å²) < 4.78 is 87.8. The lowest BCUT2D eigenvalue weighted by Crippen LogP contribution is -2.14. The fourth-order valence-electron chi connectivity index (χ4n) is 3.59. The van der Waals surface area contributed by atoms with Gasteiger partial charge in [0.2, 0.25) is 0 Å². The maximum absolute atomic E-state index is 14.1. The molecule has 3 atom stereocenters. The van der Waals surface area contributed by atoms with Gasteiger partial charge in [0.1, 0.15) is 12.2 Å². The second-order valence-electron chi connectivity index (χ2n) is 7.88. The van der Waals surface area contributed by atoms with Crippen LogP contribution in [0.2, 0.25) is 0 Å². The Morgan fingerprint density at radius 3 is 2.07 bits per heavy atom. The highest BCUT2D eigenvalue weighted by atomic mass is 19.3. The minimum absolute atomic E-state index is 0.0558. The second kappa shape index (κ2) is 6.82. The summed E-state index contributed by atoms with van der Waals surface area (Å²) >= 11 is 0. The number of ether oxygens (including phenoxy) is 1. The standard InChI is InChI=1S/C21H18F6O2/c1-5-6-10-15(22)17(24)11(18(25)16(10)23)8-29-19(28)14-13(20(14,3)4)7-12-9(2)21(12,26)27/h7,9,13-14H,8H2,1-4H3. The lowest BCUT2D eigenvalue weighted by atomic mass is 10.1. The van der Waals surface area contributed by atoms with Crippen molar-refractivity contribution in [2.75, 3.05) is 0 Å². The Labute approximate surface area is 163 Å². The van der Waals surface area contributed by atoms with E-state index in [1.807, 2.05) is 5.92 Å². The summed E-state index contributed by atoms with van der Waals surface area (Å²) in [6.45, 7) is 4.92. The molecule has 0 saturated heterocycles. The van der Waals surface area contributed by atoms with Crippen molar-refractivity contribution >= 4 is 5.97 Å². The zero-order valence-corrected chi connectivity index (χ0v) is 16.1. The molecular formula is C21H18F6O2. The third-order valence-corrected chi connectivity index (χ3v) is 5.80. The molecule has 0 bridgehead atoms. The predicted molar refractivity (Wildman–Crippen MR) is 91.6 cm³/mol. The number of rotatable bonds is 4. The third kappa shape index (κ3) is 3.30. The number of carbonyl (C=O) groups is 1. The predicted octanol–water partition coefficient (Wildman–Crippen LogP) is 5.14. The van der Waals surface area contributed by atoms with Crippen LogP contribution >= 0.6 is 0 Å². The smallest absolute Gasteiger partial charge is 0.310 e. The molecule has 0 aromatic heterocycles. The van der Waals surface area contributed by atoms with Crippen molar-refractivity contribution in [1.82, 2.24) is 0 Å². The maximum atomic E-state index is 14.1. The maximum Gasteiger partial charge on any atom is 0.310 e. The van der Waals surface area contributed by atoms with E-state index in [0.717, 1.165) is 0 Å². The van der Waals surface area contributed by atoms with Crippen LogP contribution in [0.15, 0.2) is 11.6 Å². The Bertz CT molecular complexity index is 954. The van der Waals surface area contributed by atoms with E-state index in [1.54, 1.807) is 13.8 Å². The van der Waals surface area contributed by atoms with Crippen LogP contribution in [0.4, 0.5) is 26.3 Å². The van der Waals surface area contributed by atoms with Crippen LogP contribution in [0.1, 0.15) is 38.8 Å². The number of alkyl halides is 2. The minimum atomic E-state index is -2.89. The number of benzene rings is 1. The number of hydrogen-bond acceptors (Lipinski definition) is 2. The summed E-state index contributed by atoms with van der Waals surface area (Å²) in [5.74, 6) is -8.66. The molecule has 1 aromatic carbocycles. The molecule has 3 unspecified atom stereocenters. The molecule has 0 aliphatic heterocycles. The number of hydrogen-bond donors (Lipinski definition) is 0. The summed E-state index contributed by atoms with van der Waals surface area (Å²) in [5, 5.41) is 0. The zero-order valence-electron chi connectivity index (χ0n) is 16.1. The first kappa shape index (κ1) is 21.3. The summed E-state index contributed by atoms with van der Waals surface area (Å²) in [7, 11) is 0. The molecule has 2 fully saturated rings. The van der Waals surface area contributed by atoms with Crippen molar-refractivity contribution in [3.05, 3.63) is 46.0 Å². The van der Waals surface area contributed by atoms with Crippen molar-refractivity contribution < 1.29 is 35.9 Å². The van der Waals surface area contributed by atoms with Gasteiger partial charge >= 0.3 is 5.97 Å². The van der Waals surface area contributed by atoms with E-state index in [0.29, 0.717) is 0 Å². The first-order valence-corrected chi connectivity index (χ1v) is 8.91. The fraction of sp³-hybridized carbons (Fsp3) is 0.476. The van der Waals surface area contributed by atoms with Gasteiger partial charge in [-0.05, 0) is 18.3 Å². The van der Waals surface area contributed by atoms with Crippen molar-refractivity contribution in [3.8, 4) is 11.8 Å². The van der Waals surface area contributed by atoms with Gasteiger partial charge < -0.3 is 4.74 Å². The molecule has 0 radical (unpaired) electrons. The Kier molecular flexibility index (Phi) is 5.01. The molecular weight excluding hydrogens is 398 g/mol. The van der Waals surface area contributed by atoms with E-state index in [2.05, 4.69) is 5.92 Å². The Morgan fingerprint density at radius 2 is 1.62 bits per heavy atom. The van der Waals surface area contributed by atoms with Gasteiger partial charge in [0.25, 0.3) is 5.92 Å². The van der Waals surface area contributed by atoms with Crippen molar-refractivity contribution in [1.29, 1.82) is 0 Å². The number of carbonyl (C=O) groups excluding carboxylic acids is 1. The Hall–Kier alpha value is -2.43. The normalized spacial score (nSPS) is 27.2. The van der Waals surface area contributed by atoms with Crippen LogP contribution in [0, 0.1) is 58.3 Å². The topological polar surface area (TPSA) is 26.3 Å². The molecule has 0 amide bonds. The number of esters is 1. The first-order valence-electron chi connectivity index (χ1n) is 8.91. The molecule has 2 nitrogen and oxygen atoms in total. The quantitative estimate of drug-likeness (QED) is 0.223. The van der Waals surface area contributed by atoms with E-state index in [-0.39, 0.29) is 5.57 Å². The summed E-state index contributed by atoms with van der Waals surface area (Å²) in [4.78, 5) is 12.3. The first-order chi connectivity index (χ1) is 13.4. The highest BCUT2D eigenvalue weighted by Crippen LogP contribution is 2.64. The average molecular weight is 416 g/mol. The van der Waals surface area contributed by atoms with Crippen LogP contribution in [0.25, 0.3) is 0 Å². The van der Waals surface area contributed by atoms with Crippen molar-refractivity contribution in [2.45, 2.75) is 40.2 Å². The lowest BCUT2D eigenvalue weighted by molar-refractivity contribution is -0.147. The molecule has 3 rings (SSSR count). The van der Waals surface area contributed by atoms with Gasteiger partial charge in [-0.15, -0.1) is 5.92 Å². The summed E-state index contributed by atoms with van der Waals surface area (Å²) in [5.41, 5.74) is -2.87. The van der Waals surface area contributed by atoms with E-state index in [9.17, 15) is 31.1 Å². The largest absolute Gasteiger partial charge is 0.460 e. The van der Waals surface area contributed by atoms with E-state index in [1.165, 1.54) is 19.9 Å². The molecule has 1 aromatic rings. The van der Waals surface area contributed by atoms with Gasteiger partial charge in [-0.1, -0.05) is 32.8 Å². The fourth-order valence-corrected chi connectivity index (χ4v) is 3.59. The molecule has 2 aliphatic carbocycles. The van der Waals surface area contributed by atoms with Crippen LogP contribution < -0.4 is 0 Å². The van der Waals surface area contributed by atoms with Gasteiger partial charge in [0, 0.05) is 5.57 Å². The number of halogens is 6. The monoisotopic (exact) mass is 416 g/mol. The van der Waals surface area contributed by atoms with Gasteiger partial charge in [-0.25, -0.2) is 26.3 Å². The number of allylic oxidation sites excluding steroid dienone is 2. The Balaban J connectivity index is 1.76. The van der Waals surface area contributed by atoms with E-state index in [4.69, 9.17) is 4.74 Å². The lowest BCUT2D eigenvalue weighted by Gasteiger charge is -2.10. The molecule has 8 heteroatoms. The van der Waals surface area contributed by atoms with Crippen molar-refractivity contribution in [2.24, 2.45) is 23.2 Å². The minimum Gasteiger partial charge on any atom is -0.460 e. The second-order valence-corrected chi connectivity index (χ2v) is 7.88. The zero-order chi connectivity index (χ0) is 21.9. The molecule has 2 aliphatic rings. The molecule has 29 heavy (non-hydrogen) atoms. The van der Waals surface area contributed by atoms with Gasteiger partial charge in [-0.3, -0.25) is 4.79 Å². The molecule has 2 saturated carbocycles. The van der Waals surface area contributed by atoms with E-state index >= 15 is 0 Å². The van der Waals surface area contributed by atoms with Crippen LogP contribution in [-0.2, 0) is 16.1 Å². The third-order valence-electron chi connectivity index (χ3n) is 5.80. The van der Waals surface area contributed by atoms with Gasteiger partial charge in [0.15, 0.2) is 23.3 Å². The molecule has 0 N–H and O–H groups in total.